The molecule has 2 aliphatic heterocycles. The molecule has 148 valence electrons. The minimum Gasteiger partial charge on any atom is -0.445 e. The van der Waals surface area contributed by atoms with Gasteiger partial charge in [0.05, 0.1) is 36.9 Å². The van der Waals surface area contributed by atoms with Gasteiger partial charge in [0.1, 0.15) is 11.9 Å². The minimum atomic E-state index is -0.469. The number of hydrogen-bond acceptors (Lipinski definition) is 2. The summed E-state index contributed by atoms with van der Waals surface area (Å²) < 4.78 is 20.3. The van der Waals surface area contributed by atoms with Crippen LogP contribution in [-0.4, -0.2) is 42.9 Å². The summed E-state index contributed by atoms with van der Waals surface area (Å²) in [7, 11) is 4.56. The predicted octanol–water partition coefficient (Wildman–Crippen LogP) is 5.46. The van der Waals surface area contributed by atoms with Gasteiger partial charge < -0.3 is 9.22 Å². The topological polar surface area (TPSA) is 38.3 Å². The summed E-state index contributed by atoms with van der Waals surface area (Å²) in [4.78, 5) is 12.6. The SMILES string of the molecule is C[N+]1(C)[C@@H]2CC[C@H]1CC(OC(=O)Nc1ccccc1-c1ccc(F)c(Cl)c1)C2. The Morgan fingerprint density at radius 2 is 1.82 bits per heavy atom. The van der Waals surface area contributed by atoms with Crippen LogP contribution < -0.4 is 5.32 Å². The first kappa shape index (κ1) is 19.2. The van der Waals surface area contributed by atoms with Crippen LogP contribution in [0.3, 0.4) is 0 Å². The fourth-order valence-electron chi connectivity index (χ4n) is 4.73. The van der Waals surface area contributed by atoms with Crippen LogP contribution in [0.15, 0.2) is 42.5 Å². The minimum absolute atomic E-state index is 0.0453. The van der Waals surface area contributed by atoms with E-state index in [0.717, 1.165) is 28.5 Å². The Bertz CT molecular complexity index is 886. The second-order valence-electron chi connectivity index (χ2n) is 8.31. The van der Waals surface area contributed by atoms with E-state index in [1.54, 1.807) is 18.2 Å². The molecule has 1 amide bonds. The molecule has 0 saturated carbocycles. The maximum absolute atomic E-state index is 13.5. The Hall–Kier alpha value is -2.11. The number of fused-ring (bicyclic) bond motifs is 2. The van der Waals surface area contributed by atoms with Crippen molar-refractivity contribution in [2.24, 2.45) is 0 Å². The molecule has 28 heavy (non-hydrogen) atoms. The molecule has 2 fully saturated rings. The zero-order valence-electron chi connectivity index (χ0n) is 16.1. The van der Waals surface area contributed by atoms with Crippen molar-refractivity contribution in [3.63, 3.8) is 0 Å². The van der Waals surface area contributed by atoms with Crippen LogP contribution in [0.4, 0.5) is 14.9 Å². The van der Waals surface area contributed by atoms with Crippen LogP contribution in [0.25, 0.3) is 11.1 Å². The van der Waals surface area contributed by atoms with Gasteiger partial charge in [-0.15, -0.1) is 0 Å². The largest absolute Gasteiger partial charge is 0.445 e. The Kier molecular flexibility index (Phi) is 5.06. The first-order valence-corrected chi connectivity index (χ1v) is 10.1. The van der Waals surface area contributed by atoms with Crippen LogP contribution in [0.1, 0.15) is 25.7 Å². The number of ether oxygens (including phenoxy) is 1. The van der Waals surface area contributed by atoms with Crippen molar-refractivity contribution in [2.75, 3.05) is 19.4 Å². The number of amides is 1. The number of nitrogens with one attached hydrogen (secondary N) is 1. The van der Waals surface area contributed by atoms with Crippen molar-refractivity contribution in [1.29, 1.82) is 0 Å². The highest BCUT2D eigenvalue weighted by Crippen LogP contribution is 2.40. The lowest BCUT2D eigenvalue weighted by Gasteiger charge is -2.43. The van der Waals surface area contributed by atoms with E-state index in [9.17, 15) is 9.18 Å². The first-order chi connectivity index (χ1) is 13.3. The molecule has 2 aromatic rings. The van der Waals surface area contributed by atoms with Gasteiger partial charge in [0.2, 0.25) is 0 Å². The number of rotatable bonds is 3. The van der Waals surface area contributed by atoms with Gasteiger partial charge >= 0.3 is 6.09 Å². The van der Waals surface area contributed by atoms with E-state index < -0.39 is 11.9 Å². The molecule has 4 nitrogen and oxygen atoms in total. The Labute approximate surface area is 169 Å². The van der Waals surface area contributed by atoms with Crippen LogP contribution in [-0.2, 0) is 4.74 Å². The van der Waals surface area contributed by atoms with Gasteiger partial charge in [-0.3, -0.25) is 5.32 Å². The molecule has 1 N–H and O–H groups in total. The second kappa shape index (κ2) is 7.37. The summed E-state index contributed by atoms with van der Waals surface area (Å²) in [5, 5.41) is 2.91. The van der Waals surface area contributed by atoms with Crippen LogP contribution >= 0.6 is 11.6 Å². The number of carbonyl (C=O) groups is 1. The number of halogens is 2. The fraction of sp³-hybridized carbons (Fsp3) is 0.409. The third-order valence-corrected chi connectivity index (χ3v) is 6.74. The molecular weight excluding hydrogens is 379 g/mol. The Morgan fingerprint density at radius 1 is 1.14 bits per heavy atom. The zero-order chi connectivity index (χ0) is 19.9. The first-order valence-electron chi connectivity index (χ1n) is 9.70. The fourth-order valence-corrected chi connectivity index (χ4v) is 4.91. The lowest BCUT2D eigenvalue weighted by molar-refractivity contribution is -0.931. The number of hydrogen-bond donors (Lipinski definition) is 1. The molecule has 1 unspecified atom stereocenters. The zero-order valence-corrected chi connectivity index (χ0v) is 16.9. The summed E-state index contributed by atoms with van der Waals surface area (Å²) >= 11 is 5.92. The van der Waals surface area contributed by atoms with Gasteiger partial charge in [0, 0.05) is 31.2 Å². The van der Waals surface area contributed by atoms with E-state index >= 15 is 0 Å². The van der Waals surface area contributed by atoms with E-state index in [4.69, 9.17) is 16.3 Å². The second-order valence-corrected chi connectivity index (χ2v) is 8.72. The number of anilines is 1. The molecule has 0 spiro atoms. The molecule has 2 bridgehead atoms. The molecule has 0 aromatic heterocycles. The highest BCUT2D eigenvalue weighted by Gasteiger charge is 2.49. The summed E-state index contributed by atoms with van der Waals surface area (Å²) in [6.07, 6.45) is 3.73. The molecule has 0 radical (unpaired) electrons. The van der Waals surface area contributed by atoms with E-state index in [1.807, 2.05) is 18.2 Å². The van der Waals surface area contributed by atoms with Crippen LogP contribution in [0.2, 0.25) is 5.02 Å². The molecule has 0 aliphatic carbocycles. The van der Waals surface area contributed by atoms with Gasteiger partial charge in [0.15, 0.2) is 0 Å². The maximum Gasteiger partial charge on any atom is 0.411 e. The van der Waals surface area contributed by atoms with E-state index in [2.05, 4.69) is 19.4 Å². The predicted molar refractivity (Wildman–Crippen MR) is 109 cm³/mol. The summed E-state index contributed by atoms with van der Waals surface area (Å²) in [5.41, 5.74) is 2.12. The van der Waals surface area contributed by atoms with Crippen molar-refractivity contribution in [1.82, 2.24) is 0 Å². The molecule has 2 heterocycles. The monoisotopic (exact) mass is 403 g/mol. The van der Waals surface area contributed by atoms with E-state index in [1.165, 1.54) is 18.9 Å². The smallest absolute Gasteiger partial charge is 0.411 e. The van der Waals surface area contributed by atoms with Crippen molar-refractivity contribution in [3.05, 3.63) is 53.3 Å². The molecule has 6 heteroatoms. The van der Waals surface area contributed by atoms with Crippen LogP contribution in [0, 0.1) is 5.82 Å². The summed E-state index contributed by atoms with van der Waals surface area (Å²) in [6, 6.07) is 13.0. The molecule has 4 rings (SSSR count). The van der Waals surface area contributed by atoms with Gasteiger partial charge in [-0.05, 0) is 23.8 Å². The summed E-state index contributed by atoms with van der Waals surface area (Å²) in [6.45, 7) is 0. The van der Waals surface area contributed by atoms with Crippen LogP contribution in [0.5, 0.6) is 0 Å². The Balaban J connectivity index is 1.46. The van der Waals surface area contributed by atoms with Crippen molar-refractivity contribution < 1.29 is 18.4 Å². The molecule has 2 aromatic carbocycles. The van der Waals surface area contributed by atoms with Gasteiger partial charge in [-0.25, -0.2) is 9.18 Å². The normalized spacial score (nSPS) is 25.4. The Morgan fingerprint density at radius 3 is 2.50 bits per heavy atom. The van der Waals surface area contributed by atoms with E-state index in [-0.39, 0.29) is 11.1 Å². The van der Waals surface area contributed by atoms with Crippen molar-refractivity contribution >= 4 is 23.4 Å². The summed E-state index contributed by atoms with van der Waals surface area (Å²) in [5.74, 6) is -0.469. The van der Waals surface area contributed by atoms with E-state index in [0.29, 0.717) is 17.8 Å². The van der Waals surface area contributed by atoms with Gasteiger partial charge in [0.25, 0.3) is 0 Å². The lowest BCUT2D eigenvalue weighted by atomic mass is 9.98. The molecule has 2 aliphatic rings. The number of carbonyl (C=O) groups excluding carboxylic acids is 1. The molecule has 2 saturated heterocycles. The standard InChI is InChI=1S/C22H24ClFN2O2/c1-26(2)15-8-9-16(26)13-17(12-15)28-22(27)25-21-6-4-3-5-18(21)14-7-10-20(24)19(23)11-14/h3-7,10-11,15-17H,8-9,12-13H2,1-2H3/p+1/t15-,16+,17?. The quantitative estimate of drug-likeness (QED) is 0.690. The highest BCUT2D eigenvalue weighted by atomic mass is 35.5. The average Bonchev–Trinajstić information content (AvgIpc) is 2.82. The molecular formula is C22H25ClFN2O2+. The van der Waals surface area contributed by atoms with Gasteiger partial charge in [-0.1, -0.05) is 35.9 Å². The van der Waals surface area contributed by atoms with Crippen molar-refractivity contribution in [2.45, 2.75) is 43.9 Å². The average molecular weight is 404 g/mol. The number of piperidine rings is 1. The number of nitrogens with zero attached hydrogens (tertiary/aromatic N) is 1. The maximum atomic E-state index is 13.5. The third-order valence-electron chi connectivity index (χ3n) is 6.45. The number of quaternary nitrogens is 1. The van der Waals surface area contributed by atoms with Crippen molar-refractivity contribution in [3.8, 4) is 11.1 Å². The number of para-hydroxylation sites is 1. The number of benzene rings is 2. The van der Waals surface area contributed by atoms with Gasteiger partial charge in [-0.2, -0.15) is 0 Å². The molecule has 3 atom stereocenters. The highest BCUT2D eigenvalue weighted by molar-refractivity contribution is 6.31. The lowest BCUT2D eigenvalue weighted by Crippen LogP contribution is -2.56. The third kappa shape index (κ3) is 3.61.